The first-order valence-electron chi connectivity index (χ1n) is 6.37. The van der Waals surface area contributed by atoms with Crippen molar-refractivity contribution < 1.29 is 10.0 Å². The van der Waals surface area contributed by atoms with Gasteiger partial charge in [0, 0.05) is 12.0 Å². The van der Waals surface area contributed by atoms with E-state index in [2.05, 4.69) is 22.6 Å². The first-order valence-corrected chi connectivity index (χ1v) is 6.37. The fourth-order valence-electron chi connectivity index (χ4n) is 1.55. The van der Waals surface area contributed by atoms with Gasteiger partial charge in [-0.3, -0.25) is 4.79 Å². The number of carbonyl (C=O) groups is 1. The average Bonchev–Trinajstić information content (AvgIpc) is 2.44. The molecule has 19 heavy (non-hydrogen) atoms. The summed E-state index contributed by atoms with van der Waals surface area (Å²) >= 11 is 0. The third-order valence-corrected chi connectivity index (χ3v) is 2.56. The maximum Gasteiger partial charge on any atom is 0.240 e. The Kier molecular flexibility index (Phi) is 6.94. The molecule has 2 N–H and O–H groups in total. The Morgan fingerprint density at radius 3 is 2.68 bits per heavy atom. The zero-order valence-electron chi connectivity index (χ0n) is 11.0. The van der Waals surface area contributed by atoms with Crippen molar-refractivity contribution in [2.45, 2.75) is 32.6 Å². The molecule has 5 heteroatoms. The second-order valence-corrected chi connectivity index (χ2v) is 4.10. The molecule has 0 aliphatic carbocycles. The first-order chi connectivity index (χ1) is 9.27. The van der Waals surface area contributed by atoms with Crippen LogP contribution in [0.3, 0.4) is 0 Å². The normalized spacial score (nSPS) is 11.7. The summed E-state index contributed by atoms with van der Waals surface area (Å²) in [6.07, 6.45) is 4.60. The lowest BCUT2D eigenvalue weighted by atomic mass is 10.1. The van der Waals surface area contributed by atoms with Gasteiger partial charge in [0.05, 0.1) is 6.21 Å². The lowest BCUT2D eigenvalue weighted by molar-refractivity contribution is -0.121. The summed E-state index contributed by atoms with van der Waals surface area (Å²) in [5.41, 5.74) is 3.65. The van der Waals surface area contributed by atoms with E-state index in [0.29, 0.717) is 12.1 Å². The molecule has 1 aromatic rings. The van der Waals surface area contributed by atoms with E-state index in [1.54, 1.807) is 0 Å². The number of hydrogen-bond donors (Lipinski definition) is 2. The van der Waals surface area contributed by atoms with E-state index >= 15 is 0 Å². The number of unbranched alkanes of at least 4 members (excludes halogenated alkanes) is 2. The van der Waals surface area contributed by atoms with Crippen LogP contribution in [0.15, 0.2) is 40.6 Å². The first kappa shape index (κ1) is 14.9. The maximum atomic E-state index is 11.5. The fraction of sp³-hybridized carbons (Fsp3) is 0.357. The molecule has 1 aromatic carbocycles. The fourth-order valence-corrected chi connectivity index (χ4v) is 1.55. The molecule has 0 unspecified atom stereocenters. The molecule has 102 valence electrons. The Hall–Kier alpha value is -2.17. The monoisotopic (exact) mass is 261 g/mol. The summed E-state index contributed by atoms with van der Waals surface area (Å²) in [5.74, 6) is -0.131. The molecule has 0 saturated heterocycles. The van der Waals surface area contributed by atoms with Crippen molar-refractivity contribution in [1.82, 2.24) is 5.43 Å². The Morgan fingerprint density at radius 2 is 2.05 bits per heavy atom. The lowest BCUT2D eigenvalue weighted by Gasteiger charge is -2.02. The molecule has 0 saturated carbocycles. The van der Waals surface area contributed by atoms with Crippen LogP contribution >= 0.6 is 0 Å². The minimum Gasteiger partial charge on any atom is -0.411 e. The van der Waals surface area contributed by atoms with Gasteiger partial charge in [-0.1, -0.05) is 55.3 Å². The molecule has 1 rings (SSSR count). The van der Waals surface area contributed by atoms with E-state index < -0.39 is 0 Å². The van der Waals surface area contributed by atoms with E-state index in [9.17, 15) is 4.79 Å². The van der Waals surface area contributed by atoms with Crippen molar-refractivity contribution in [3.63, 3.8) is 0 Å². The molecule has 0 fully saturated rings. The predicted molar refractivity (Wildman–Crippen MR) is 75.5 cm³/mol. The van der Waals surface area contributed by atoms with Crippen LogP contribution in [0.25, 0.3) is 0 Å². The number of nitrogens with zero attached hydrogens (tertiary/aromatic N) is 2. The maximum absolute atomic E-state index is 11.5. The highest BCUT2D eigenvalue weighted by molar-refractivity contribution is 6.38. The average molecular weight is 261 g/mol. The van der Waals surface area contributed by atoms with E-state index in [1.807, 2.05) is 30.3 Å². The predicted octanol–water partition coefficient (Wildman–Crippen LogP) is 2.55. The number of nitrogens with one attached hydrogen (secondary N) is 1. The molecule has 0 radical (unpaired) electrons. The lowest BCUT2D eigenvalue weighted by Crippen LogP contribution is -2.20. The topological polar surface area (TPSA) is 74.0 Å². The number of hydrogen-bond acceptors (Lipinski definition) is 4. The summed E-state index contributed by atoms with van der Waals surface area (Å²) in [5, 5.41) is 15.5. The van der Waals surface area contributed by atoms with Crippen LogP contribution in [0, 0.1) is 0 Å². The van der Waals surface area contributed by atoms with Crippen LogP contribution in [0.5, 0.6) is 0 Å². The third kappa shape index (κ3) is 5.81. The van der Waals surface area contributed by atoms with Crippen molar-refractivity contribution >= 4 is 17.8 Å². The standard InChI is InChI=1S/C14H19N3O2/c1-2-3-5-10-14(18)17-16-13(11-15-19)12-8-6-4-7-9-12/h4,6-9,11,19H,2-3,5,10H2,1H3,(H,17,18)/b15-11-,16-13+. The third-order valence-electron chi connectivity index (χ3n) is 2.56. The van der Waals surface area contributed by atoms with Gasteiger partial charge in [0.15, 0.2) is 0 Å². The smallest absolute Gasteiger partial charge is 0.240 e. The minimum absolute atomic E-state index is 0.131. The molecular weight excluding hydrogens is 242 g/mol. The number of benzene rings is 1. The molecule has 0 aliphatic rings. The Bertz CT molecular complexity index is 441. The Balaban J connectivity index is 2.62. The molecule has 0 atom stereocenters. The molecule has 0 heterocycles. The van der Waals surface area contributed by atoms with Gasteiger partial charge in [-0.2, -0.15) is 5.10 Å². The van der Waals surface area contributed by atoms with Crippen LogP contribution in [0.4, 0.5) is 0 Å². The van der Waals surface area contributed by atoms with E-state index in [0.717, 1.165) is 24.8 Å². The van der Waals surface area contributed by atoms with Crippen molar-refractivity contribution in [3.05, 3.63) is 35.9 Å². The zero-order chi connectivity index (χ0) is 13.9. The zero-order valence-corrected chi connectivity index (χ0v) is 11.0. The molecule has 0 aliphatic heterocycles. The summed E-state index contributed by atoms with van der Waals surface area (Å²) < 4.78 is 0. The van der Waals surface area contributed by atoms with E-state index in [1.165, 1.54) is 6.21 Å². The molecule has 0 spiro atoms. The van der Waals surface area contributed by atoms with Gasteiger partial charge in [-0.25, -0.2) is 5.43 Å². The quantitative estimate of drug-likeness (QED) is 0.342. The summed E-state index contributed by atoms with van der Waals surface area (Å²) in [7, 11) is 0. The number of carbonyl (C=O) groups excluding carboxylic acids is 1. The highest BCUT2D eigenvalue weighted by Gasteiger charge is 2.03. The van der Waals surface area contributed by atoms with Gasteiger partial charge in [0.25, 0.3) is 0 Å². The number of rotatable bonds is 7. The number of oxime groups is 1. The molecule has 0 bridgehead atoms. The molecular formula is C14H19N3O2. The number of amides is 1. The molecule has 0 aromatic heterocycles. The highest BCUT2D eigenvalue weighted by Crippen LogP contribution is 2.01. The van der Waals surface area contributed by atoms with Crippen LogP contribution in [0.1, 0.15) is 38.2 Å². The van der Waals surface area contributed by atoms with Crippen molar-refractivity contribution in [1.29, 1.82) is 0 Å². The van der Waals surface area contributed by atoms with Crippen LogP contribution < -0.4 is 5.43 Å². The Labute approximate surface area is 113 Å². The van der Waals surface area contributed by atoms with Crippen molar-refractivity contribution in [2.75, 3.05) is 0 Å². The van der Waals surface area contributed by atoms with Crippen LogP contribution in [-0.2, 0) is 4.79 Å². The molecule has 5 nitrogen and oxygen atoms in total. The van der Waals surface area contributed by atoms with Crippen molar-refractivity contribution in [3.8, 4) is 0 Å². The van der Waals surface area contributed by atoms with Gasteiger partial charge in [-0.15, -0.1) is 0 Å². The van der Waals surface area contributed by atoms with Gasteiger partial charge >= 0.3 is 0 Å². The number of hydrazone groups is 1. The van der Waals surface area contributed by atoms with E-state index in [-0.39, 0.29) is 5.91 Å². The summed E-state index contributed by atoms with van der Waals surface area (Å²) in [6.45, 7) is 2.08. The SMILES string of the molecule is CCCCCC(=O)N/N=C(\C=N/O)c1ccccc1. The summed E-state index contributed by atoms with van der Waals surface area (Å²) in [4.78, 5) is 11.5. The second-order valence-electron chi connectivity index (χ2n) is 4.10. The second kappa shape index (κ2) is 8.85. The highest BCUT2D eigenvalue weighted by atomic mass is 16.4. The largest absolute Gasteiger partial charge is 0.411 e. The van der Waals surface area contributed by atoms with Gasteiger partial charge in [-0.05, 0) is 6.42 Å². The van der Waals surface area contributed by atoms with Gasteiger partial charge < -0.3 is 5.21 Å². The van der Waals surface area contributed by atoms with Gasteiger partial charge in [0.2, 0.25) is 5.91 Å². The van der Waals surface area contributed by atoms with Gasteiger partial charge in [0.1, 0.15) is 5.71 Å². The minimum atomic E-state index is -0.131. The Morgan fingerprint density at radius 1 is 1.32 bits per heavy atom. The molecule has 1 amide bonds. The van der Waals surface area contributed by atoms with Crippen LogP contribution in [0.2, 0.25) is 0 Å². The summed E-state index contributed by atoms with van der Waals surface area (Å²) in [6, 6.07) is 9.21. The van der Waals surface area contributed by atoms with Crippen LogP contribution in [-0.4, -0.2) is 23.0 Å². The van der Waals surface area contributed by atoms with E-state index in [4.69, 9.17) is 5.21 Å². The van der Waals surface area contributed by atoms with Crippen molar-refractivity contribution in [2.24, 2.45) is 10.3 Å².